The molecule has 3 fully saturated rings. The van der Waals surface area contributed by atoms with Gasteiger partial charge >= 0.3 is 0 Å². The molecule has 180 valence electrons. The molecule has 0 radical (unpaired) electrons. The summed E-state index contributed by atoms with van der Waals surface area (Å²) in [7, 11) is 0. The number of aromatic nitrogens is 5. The molecule has 9 nitrogen and oxygen atoms in total. The normalized spacial score (nSPS) is 27.4. The summed E-state index contributed by atoms with van der Waals surface area (Å²) in [5.41, 5.74) is 7.55. The Morgan fingerprint density at radius 2 is 2.09 bits per heavy atom. The number of carbonyl (C=O) groups excluding carboxylic acids is 1. The minimum atomic E-state index is -0.580. The van der Waals surface area contributed by atoms with Crippen molar-refractivity contribution in [2.24, 2.45) is 11.7 Å². The van der Waals surface area contributed by atoms with Gasteiger partial charge < -0.3 is 16.0 Å². The quantitative estimate of drug-likeness (QED) is 0.487. The SMILES string of the molecule is C[C@@]1(C(=O)CC2CCC(N)CC2)CCCN1c1nc(Nc2cc(C3CC3)[nH]n2)c2cccn2n1. The first-order chi connectivity index (χ1) is 16.5. The van der Waals surface area contributed by atoms with Crippen LogP contribution in [0.2, 0.25) is 0 Å². The zero-order chi connectivity index (χ0) is 23.3. The third-order valence-corrected chi connectivity index (χ3v) is 8.09. The van der Waals surface area contributed by atoms with E-state index < -0.39 is 5.54 Å². The second-order valence-electron chi connectivity index (χ2n) is 10.6. The summed E-state index contributed by atoms with van der Waals surface area (Å²) >= 11 is 0. The molecular weight excluding hydrogens is 428 g/mol. The largest absolute Gasteiger partial charge is 0.328 e. The third-order valence-electron chi connectivity index (χ3n) is 8.09. The Morgan fingerprint density at radius 1 is 1.26 bits per heavy atom. The van der Waals surface area contributed by atoms with Gasteiger partial charge in [-0.3, -0.25) is 9.89 Å². The molecule has 6 rings (SSSR count). The fraction of sp³-hybridized carbons (Fsp3) is 0.600. The second kappa shape index (κ2) is 8.37. The topological polar surface area (TPSA) is 117 Å². The molecule has 3 aliphatic rings. The van der Waals surface area contributed by atoms with Gasteiger partial charge in [-0.2, -0.15) is 10.1 Å². The van der Waals surface area contributed by atoms with E-state index in [0.717, 1.165) is 56.4 Å². The summed E-state index contributed by atoms with van der Waals surface area (Å²) in [6.07, 6.45) is 10.9. The van der Waals surface area contributed by atoms with Gasteiger partial charge in [-0.15, -0.1) is 5.10 Å². The van der Waals surface area contributed by atoms with Crippen molar-refractivity contribution in [3.63, 3.8) is 0 Å². The lowest BCUT2D eigenvalue weighted by Gasteiger charge is -2.36. The number of carbonyl (C=O) groups is 1. The molecule has 4 heterocycles. The fourth-order valence-electron chi connectivity index (χ4n) is 5.70. The minimum absolute atomic E-state index is 0.299. The maximum absolute atomic E-state index is 13.6. The predicted molar refractivity (Wildman–Crippen MR) is 131 cm³/mol. The van der Waals surface area contributed by atoms with Crippen LogP contribution in [0.3, 0.4) is 0 Å². The summed E-state index contributed by atoms with van der Waals surface area (Å²) in [4.78, 5) is 20.6. The van der Waals surface area contributed by atoms with Gasteiger partial charge in [0.15, 0.2) is 17.4 Å². The van der Waals surface area contributed by atoms with E-state index in [1.807, 2.05) is 22.8 Å². The van der Waals surface area contributed by atoms with E-state index in [4.69, 9.17) is 15.8 Å². The number of anilines is 3. The first-order valence-corrected chi connectivity index (χ1v) is 12.7. The van der Waals surface area contributed by atoms with Crippen LogP contribution in [0, 0.1) is 5.92 Å². The Kier molecular flexibility index (Phi) is 5.32. The summed E-state index contributed by atoms with van der Waals surface area (Å²) in [5.74, 6) is 3.39. The number of nitrogens with one attached hydrogen (secondary N) is 2. The molecule has 3 aromatic heterocycles. The number of fused-ring (bicyclic) bond motifs is 1. The molecule has 0 aromatic carbocycles. The highest BCUT2D eigenvalue weighted by molar-refractivity contribution is 5.92. The van der Waals surface area contributed by atoms with Crippen LogP contribution in [0.1, 0.15) is 76.3 Å². The van der Waals surface area contributed by atoms with Crippen molar-refractivity contribution in [1.82, 2.24) is 24.8 Å². The van der Waals surface area contributed by atoms with Gasteiger partial charge in [0.2, 0.25) is 5.95 Å². The molecule has 1 saturated heterocycles. The van der Waals surface area contributed by atoms with Crippen LogP contribution in [-0.2, 0) is 4.79 Å². The van der Waals surface area contributed by atoms with E-state index in [9.17, 15) is 4.79 Å². The van der Waals surface area contributed by atoms with E-state index in [2.05, 4.69) is 33.4 Å². The van der Waals surface area contributed by atoms with Gasteiger partial charge in [0, 0.05) is 42.9 Å². The van der Waals surface area contributed by atoms with E-state index >= 15 is 0 Å². The van der Waals surface area contributed by atoms with Crippen molar-refractivity contribution in [2.75, 3.05) is 16.8 Å². The predicted octanol–water partition coefficient (Wildman–Crippen LogP) is 3.91. The summed E-state index contributed by atoms with van der Waals surface area (Å²) in [5, 5.41) is 15.8. The number of ketones is 1. The lowest BCUT2D eigenvalue weighted by molar-refractivity contribution is -0.124. The maximum atomic E-state index is 13.6. The van der Waals surface area contributed by atoms with Gasteiger partial charge in [-0.05, 0) is 76.3 Å². The molecule has 0 bridgehead atoms. The Bertz CT molecular complexity index is 1190. The number of nitrogens with two attached hydrogens (primary N) is 1. The molecule has 0 amide bonds. The monoisotopic (exact) mass is 462 g/mol. The van der Waals surface area contributed by atoms with Crippen molar-refractivity contribution >= 4 is 28.9 Å². The molecule has 2 aliphatic carbocycles. The third kappa shape index (κ3) is 3.96. The number of Topliss-reactive ketones (excluding diaryl/α,β-unsaturated/α-hetero) is 1. The fourth-order valence-corrected chi connectivity index (χ4v) is 5.70. The Hall–Kier alpha value is -2.94. The van der Waals surface area contributed by atoms with Gasteiger partial charge in [-0.1, -0.05) is 0 Å². The molecule has 1 atom stereocenters. The zero-order valence-corrected chi connectivity index (χ0v) is 19.8. The highest BCUT2D eigenvalue weighted by atomic mass is 16.1. The molecule has 9 heteroatoms. The van der Waals surface area contributed by atoms with Crippen molar-refractivity contribution < 1.29 is 4.79 Å². The molecule has 3 aromatic rings. The van der Waals surface area contributed by atoms with Crippen LogP contribution >= 0.6 is 0 Å². The average molecular weight is 463 g/mol. The van der Waals surface area contributed by atoms with E-state index in [-0.39, 0.29) is 0 Å². The minimum Gasteiger partial charge on any atom is -0.328 e. The van der Waals surface area contributed by atoms with Gasteiger partial charge in [0.1, 0.15) is 5.52 Å². The second-order valence-corrected chi connectivity index (χ2v) is 10.6. The molecule has 0 spiro atoms. The van der Waals surface area contributed by atoms with Crippen LogP contribution < -0.4 is 16.0 Å². The number of H-pyrrole nitrogens is 1. The van der Waals surface area contributed by atoms with Crippen LogP contribution in [0.4, 0.5) is 17.6 Å². The molecule has 34 heavy (non-hydrogen) atoms. The number of aromatic amines is 1. The number of hydrogen-bond acceptors (Lipinski definition) is 7. The van der Waals surface area contributed by atoms with Crippen molar-refractivity contribution in [1.29, 1.82) is 0 Å². The van der Waals surface area contributed by atoms with E-state index in [1.165, 1.54) is 18.5 Å². The van der Waals surface area contributed by atoms with Crippen LogP contribution in [0.15, 0.2) is 24.4 Å². The summed E-state index contributed by atoms with van der Waals surface area (Å²) < 4.78 is 1.84. The molecule has 2 saturated carbocycles. The highest BCUT2D eigenvalue weighted by Gasteiger charge is 2.45. The van der Waals surface area contributed by atoms with Crippen molar-refractivity contribution in [3.8, 4) is 0 Å². The zero-order valence-electron chi connectivity index (χ0n) is 19.8. The standard InChI is InChI=1S/C25H34N8O/c1-25(21(34)14-16-5-9-18(26)10-6-16)11-3-12-32(25)24-28-23(20-4-2-13-33(20)31-24)27-22-15-19(29-30-22)17-7-8-17/h2,4,13,15-18H,3,5-12,14,26H2,1H3,(H2,27,28,29,30,31)/t16?,18?,25-/m0/s1. The maximum Gasteiger partial charge on any atom is 0.246 e. The number of nitrogens with zero attached hydrogens (tertiary/aromatic N) is 5. The Morgan fingerprint density at radius 3 is 2.88 bits per heavy atom. The van der Waals surface area contributed by atoms with Gasteiger partial charge in [0.05, 0.1) is 5.54 Å². The Balaban J connectivity index is 1.26. The first-order valence-electron chi connectivity index (χ1n) is 12.7. The van der Waals surface area contributed by atoms with Crippen LogP contribution in [0.25, 0.3) is 5.52 Å². The summed E-state index contributed by atoms with van der Waals surface area (Å²) in [6, 6.07) is 6.31. The molecule has 4 N–H and O–H groups in total. The highest BCUT2D eigenvalue weighted by Crippen LogP contribution is 2.40. The molecular formula is C25H34N8O. The number of hydrogen-bond donors (Lipinski definition) is 3. The van der Waals surface area contributed by atoms with Crippen molar-refractivity contribution in [3.05, 3.63) is 30.1 Å². The smallest absolute Gasteiger partial charge is 0.246 e. The number of rotatable bonds is 7. The van der Waals surface area contributed by atoms with Crippen LogP contribution in [0.5, 0.6) is 0 Å². The van der Waals surface area contributed by atoms with E-state index in [1.54, 1.807) is 0 Å². The molecule has 1 aliphatic heterocycles. The van der Waals surface area contributed by atoms with Crippen LogP contribution in [-0.4, -0.2) is 48.7 Å². The van der Waals surface area contributed by atoms with Gasteiger partial charge in [0.25, 0.3) is 0 Å². The lowest BCUT2D eigenvalue weighted by Crippen LogP contribution is -2.49. The lowest BCUT2D eigenvalue weighted by atomic mass is 9.79. The van der Waals surface area contributed by atoms with E-state index in [0.29, 0.717) is 41.8 Å². The average Bonchev–Trinajstić information content (AvgIpc) is 3.20. The van der Waals surface area contributed by atoms with Gasteiger partial charge in [-0.25, -0.2) is 4.52 Å². The summed E-state index contributed by atoms with van der Waals surface area (Å²) in [6.45, 7) is 2.85. The van der Waals surface area contributed by atoms with Crippen molar-refractivity contribution in [2.45, 2.75) is 82.2 Å². The first kappa shape index (κ1) is 21.6. The molecule has 0 unspecified atom stereocenters. The Labute approximate surface area is 199 Å².